The molecule has 0 spiro atoms. The van der Waals surface area contributed by atoms with Crippen molar-refractivity contribution < 1.29 is 19.1 Å². The van der Waals surface area contributed by atoms with Crippen LogP contribution in [0.2, 0.25) is 0 Å². The maximum Gasteiger partial charge on any atom is 0.416 e. The van der Waals surface area contributed by atoms with Gasteiger partial charge in [-0.3, -0.25) is 9.69 Å². The quantitative estimate of drug-likeness (QED) is 0.794. The Morgan fingerprint density at radius 2 is 1.85 bits per heavy atom. The molecule has 0 atom stereocenters. The number of benzene rings is 1. The standard InChI is InChI=1S/C15H19NO4/c1-19-14(17)11-16(12-7-5-6-8-12)15(18)20-13-9-3-2-4-10-13/h2-4,9-10,12H,5-8,11H2,1H3. The summed E-state index contributed by atoms with van der Waals surface area (Å²) in [5, 5.41) is 0. The van der Waals surface area contributed by atoms with E-state index in [1.165, 1.54) is 12.0 Å². The van der Waals surface area contributed by atoms with Crippen LogP contribution in [0.4, 0.5) is 4.79 Å². The number of hydrogen-bond acceptors (Lipinski definition) is 4. The molecule has 108 valence electrons. The van der Waals surface area contributed by atoms with Gasteiger partial charge in [0.05, 0.1) is 7.11 Å². The fourth-order valence-corrected chi connectivity index (χ4v) is 2.41. The molecule has 1 fully saturated rings. The highest BCUT2D eigenvalue weighted by Gasteiger charge is 2.30. The van der Waals surface area contributed by atoms with E-state index in [0.717, 1.165) is 25.7 Å². The number of methoxy groups -OCH3 is 1. The SMILES string of the molecule is COC(=O)CN(C(=O)Oc1ccccc1)C1CCCC1. The highest BCUT2D eigenvalue weighted by atomic mass is 16.6. The molecule has 0 bridgehead atoms. The van der Waals surface area contributed by atoms with Crippen LogP contribution in [0.25, 0.3) is 0 Å². The molecule has 0 heterocycles. The first-order valence-electron chi connectivity index (χ1n) is 6.81. The molecule has 1 aliphatic rings. The third kappa shape index (κ3) is 3.73. The maximum atomic E-state index is 12.2. The van der Waals surface area contributed by atoms with Crippen molar-refractivity contribution in [2.75, 3.05) is 13.7 Å². The lowest BCUT2D eigenvalue weighted by atomic mass is 10.2. The fraction of sp³-hybridized carbons (Fsp3) is 0.467. The van der Waals surface area contributed by atoms with Gasteiger partial charge < -0.3 is 9.47 Å². The van der Waals surface area contributed by atoms with Crippen LogP contribution >= 0.6 is 0 Å². The van der Waals surface area contributed by atoms with Gasteiger partial charge in [-0.1, -0.05) is 31.0 Å². The molecule has 0 aromatic heterocycles. The van der Waals surface area contributed by atoms with Crippen LogP contribution in [0.1, 0.15) is 25.7 Å². The summed E-state index contributed by atoms with van der Waals surface area (Å²) in [4.78, 5) is 25.2. The summed E-state index contributed by atoms with van der Waals surface area (Å²) in [6.07, 6.45) is 3.46. The Bertz CT molecular complexity index is 454. The van der Waals surface area contributed by atoms with E-state index in [1.54, 1.807) is 24.3 Å². The highest BCUT2D eigenvalue weighted by molar-refractivity contribution is 5.79. The van der Waals surface area contributed by atoms with Crippen molar-refractivity contribution in [2.24, 2.45) is 0 Å². The molecule has 0 unspecified atom stereocenters. The van der Waals surface area contributed by atoms with E-state index in [9.17, 15) is 9.59 Å². The zero-order valence-electron chi connectivity index (χ0n) is 11.6. The molecule has 0 saturated heterocycles. The molecule has 5 heteroatoms. The number of carbonyl (C=O) groups excluding carboxylic acids is 2. The van der Waals surface area contributed by atoms with E-state index in [0.29, 0.717) is 5.75 Å². The molecular weight excluding hydrogens is 258 g/mol. The normalized spacial score (nSPS) is 14.8. The molecule has 1 aromatic carbocycles. The molecule has 1 saturated carbocycles. The van der Waals surface area contributed by atoms with Crippen molar-refractivity contribution >= 4 is 12.1 Å². The van der Waals surface area contributed by atoms with Gasteiger partial charge in [0.2, 0.25) is 0 Å². The van der Waals surface area contributed by atoms with Gasteiger partial charge in [0.1, 0.15) is 12.3 Å². The van der Waals surface area contributed by atoms with Crippen molar-refractivity contribution in [3.05, 3.63) is 30.3 Å². The van der Waals surface area contributed by atoms with Gasteiger partial charge in [0, 0.05) is 6.04 Å². The first-order valence-corrected chi connectivity index (χ1v) is 6.81. The number of hydrogen-bond donors (Lipinski definition) is 0. The Morgan fingerprint density at radius 1 is 1.20 bits per heavy atom. The Labute approximate surface area is 118 Å². The third-order valence-electron chi connectivity index (χ3n) is 3.48. The third-order valence-corrected chi connectivity index (χ3v) is 3.48. The lowest BCUT2D eigenvalue weighted by Gasteiger charge is -2.26. The number of carbonyl (C=O) groups is 2. The van der Waals surface area contributed by atoms with Gasteiger partial charge in [-0.05, 0) is 25.0 Å². The first kappa shape index (κ1) is 14.4. The lowest BCUT2D eigenvalue weighted by molar-refractivity contribution is -0.141. The van der Waals surface area contributed by atoms with Crippen LogP contribution in [0, 0.1) is 0 Å². The lowest BCUT2D eigenvalue weighted by Crippen LogP contribution is -2.44. The highest BCUT2D eigenvalue weighted by Crippen LogP contribution is 2.24. The molecular formula is C15H19NO4. The maximum absolute atomic E-state index is 12.2. The summed E-state index contributed by atoms with van der Waals surface area (Å²) < 4.78 is 9.97. The number of nitrogens with zero attached hydrogens (tertiary/aromatic N) is 1. The molecule has 1 aliphatic carbocycles. The molecule has 2 rings (SSSR count). The van der Waals surface area contributed by atoms with Crippen LogP contribution in [-0.2, 0) is 9.53 Å². The number of esters is 1. The number of para-hydroxylation sites is 1. The Hall–Kier alpha value is -2.04. The predicted molar refractivity (Wildman–Crippen MR) is 73.4 cm³/mol. The van der Waals surface area contributed by atoms with Gasteiger partial charge >= 0.3 is 12.1 Å². The van der Waals surface area contributed by atoms with E-state index >= 15 is 0 Å². The average Bonchev–Trinajstić information content (AvgIpc) is 2.99. The average molecular weight is 277 g/mol. The molecule has 20 heavy (non-hydrogen) atoms. The second-order valence-corrected chi connectivity index (χ2v) is 4.82. The van der Waals surface area contributed by atoms with Gasteiger partial charge in [0.25, 0.3) is 0 Å². The van der Waals surface area contributed by atoms with Crippen molar-refractivity contribution in [2.45, 2.75) is 31.7 Å². The van der Waals surface area contributed by atoms with E-state index in [2.05, 4.69) is 4.74 Å². The molecule has 1 amide bonds. The van der Waals surface area contributed by atoms with Crippen LogP contribution in [0.5, 0.6) is 5.75 Å². The van der Waals surface area contributed by atoms with E-state index in [1.807, 2.05) is 6.07 Å². The topological polar surface area (TPSA) is 55.8 Å². The van der Waals surface area contributed by atoms with Crippen LogP contribution in [-0.4, -0.2) is 36.7 Å². The number of ether oxygens (including phenoxy) is 2. The predicted octanol–water partition coefficient (Wildman–Crippen LogP) is 2.60. The van der Waals surface area contributed by atoms with Gasteiger partial charge in [-0.2, -0.15) is 0 Å². The summed E-state index contributed by atoms with van der Waals surface area (Å²) in [6.45, 7) is -0.0627. The van der Waals surface area contributed by atoms with Crippen molar-refractivity contribution in [1.82, 2.24) is 4.90 Å². The molecule has 1 aromatic rings. The van der Waals surface area contributed by atoms with Crippen molar-refractivity contribution in [1.29, 1.82) is 0 Å². The van der Waals surface area contributed by atoms with Gasteiger partial charge in [-0.15, -0.1) is 0 Å². The fourth-order valence-electron chi connectivity index (χ4n) is 2.41. The van der Waals surface area contributed by atoms with Crippen molar-refractivity contribution in [3.63, 3.8) is 0 Å². The van der Waals surface area contributed by atoms with E-state index < -0.39 is 12.1 Å². The summed E-state index contributed by atoms with van der Waals surface area (Å²) in [5.41, 5.74) is 0. The summed E-state index contributed by atoms with van der Waals surface area (Å²) in [6, 6.07) is 8.92. The Kier molecular flexibility index (Phi) is 4.98. The largest absolute Gasteiger partial charge is 0.468 e. The second kappa shape index (κ2) is 6.93. The molecule has 0 aliphatic heterocycles. The number of rotatable bonds is 4. The van der Waals surface area contributed by atoms with E-state index in [-0.39, 0.29) is 12.6 Å². The number of amides is 1. The zero-order valence-corrected chi connectivity index (χ0v) is 11.6. The zero-order chi connectivity index (χ0) is 14.4. The van der Waals surface area contributed by atoms with Crippen LogP contribution in [0.15, 0.2) is 30.3 Å². The molecule has 0 radical (unpaired) electrons. The summed E-state index contributed by atoms with van der Waals surface area (Å²) >= 11 is 0. The minimum Gasteiger partial charge on any atom is -0.468 e. The summed E-state index contributed by atoms with van der Waals surface area (Å²) in [5.74, 6) is 0.0484. The Balaban J connectivity index is 2.04. The van der Waals surface area contributed by atoms with Gasteiger partial charge in [-0.25, -0.2) is 4.79 Å². The van der Waals surface area contributed by atoms with Crippen LogP contribution < -0.4 is 4.74 Å². The van der Waals surface area contributed by atoms with E-state index in [4.69, 9.17) is 4.74 Å². The molecule has 0 N–H and O–H groups in total. The van der Waals surface area contributed by atoms with Crippen molar-refractivity contribution in [3.8, 4) is 5.75 Å². The first-order chi connectivity index (χ1) is 9.70. The second-order valence-electron chi connectivity index (χ2n) is 4.82. The van der Waals surface area contributed by atoms with Gasteiger partial charge in [0.15, 0.2) is 0 Å². The minimum atomic E-state index is -0.492. The van der Waals surface area contributed by atoms with Crippen LogP contribution in [0.3, 0.4) is 0 Å². The minimum absolute atomic E-state index is 0.0605. The Morgan fingerprint density at radius 3 is 2.45 bits per heavy atom. The monoisotopic (exact) mass is 277 g/mol. The smallest absolute Gasteiger partial charge is 0.416 e. The summed E-state index contributed by atoms with van der Waals surface area (Å²) in [7, 11) is 1.32. The molecule has 5 nitrogen and oxygen atoms in total.